The minimum atomic E-state index is -0.434. The standard InChI is InChI=1S/C33H33FN6OS/c1-5-22(17-35)15-28(33(41)40-21(4)23-7-10-25(34)11-8-23)32(36)39-18-26-12-14-31(42-26)24-9-13-29-27(16-24)20(3)30(19-38-29)37-6-2/h6-16,19,21,39H,5,18,36H2,1-4H3,(H,40,41)/b22-15+,32-28-,37-6?/t21-/m0/s1. The molecule has 214 valence electrons. The summed E-state index contributed by atoms with van der Waals surface area (Å²) in [5, 5.41) is 16.6. The smallest absolute Gasteiger partial charge is 0.255 e. The highest BCUT2D eigenvalue weighted by Crippen LogP contribution is 2.33. The first kappa shape index (κ1) is 30.2. The van der Waals surface area contributed by atoms with Crippen LogP contribution in [0.3, 0.4) is 0 Å². The first-order valence-electron chi connectivity index (χ1n) is 13.6. The van der Waals surface area contributed by atoms with Gasteiger partial charge in [0.25, 0.3) is 5.91 Å². The summed E-state index contributed by atoms with van der Waals surface area (Å²) in [5.41, 5.74) is 11.6. The normalized spacial score (nSPS) is 13.1. The Labute approximate surface area is 249 Å². The fraction of sp³-hybridized carbons (Fsp3) is 0.212. The molecule has 0 aliphatic heterocycles. The van der Waals surface area contributed by atoms with Crippen LogP contribution in [0.4, 0.5) is 10.1 Å². The van der Waals surface area contributed by atoms with Crippen LogP contribution in [-0.2, 0) is 11.3 Å². The maximum Gasteiger partial charge on any atom is 0.255 e. The van der Waals surface area contributed by atoms with Gasteiger partial charge in [0, 0.05) is 26.9 Å². The molecule has 4 rings (SSSR count). The van der Waals surface area contributed by atoms with Crippen LogP contribution >= 0.6 is 11.3 Å². The summed E-state index contributed by atoms with van der Waals surface area (Å²) in [5.74, 6) is -0.626. The number of hydrogen-bond acceptors (Lipinski definition) is 7. The van der Waals surface area contributed by atoms with Gasteiger partial charge in [-0.1, -0.05) is 25.1 Å². The Hall–Kier alpha value is -4.81. The Morgan fingerprint density at radius 1 is 1.21 bits per heavy atom. The highest BCUT2D eigenvalue weighted by atomic mass is 32.1. The van der Waals surface area contributed by atoms with Gasteiger partial charge in [0.1, 0.15) is 11.6 Å². The molecular formula is C33H33FN6OS. The number of amides is 1. The lowest BCUT2D eigenvalue weighted by Crippen LogP contribution is -2.32. The van der Waals surface area contributed by atoms with Gasteiger partial charge in [-0.05, 0) is 86.4 Å². The van der Waals surface area contributed by atoms with E-state index in [1.54, 1.807) is 42.8 Å². The van der Waals surface area contributed by atoms with Crippen LogP contribution in [-0.4, -0.2) is 17.1 Å². The quantitative estimate of drug-likeness (QED) is 0.0799. The van der Waals surface area contributed by atoms with E-state index in [2.05, 4.69) is 44.9 Å². The van der Waals surface area contributed by atoms with Crippen LogP contribution in [0.5, 0.6) is 0 Å². The predicted molar refractivity (Wildman–Crippen MR) is 169 cm³/mol. The number of benzene rings is 2. The number of carbonyl (C=O) groups excluding carboxylic acids is 1. The lowest BCUT2D eigenvalue weighted by atomic mass is 10.0. The van der Waals surface area contributed by atoms with Crippen LogP contribution in [0.2, 0.25) is 0 Å². The average Bonchev–Trinajstić information content (AvgIpc) is 3.47. The summed E-state index contributed by atoms with van der Waals surface area (Å²) in [6.45, 7) is 7.97. The van der Waals surface area contributed by atoms with Gasteiger partial charge < -0.3 is 16.4 Å². The molecule has 2 aromatic heterocycles. The molecule has 0 saturated carbocycles. The highest BCUT2D eigenvalue weighted by molar-refractivity contribution is 7.15. The molecule has 7 nitrogen and oxygen atoms in total. The van der Waals surface area contributed by atoms with Gasteiger partial charge in [0.05, 0.1) is 41.6 Å². The number of nitriles is 1. The monoisotopic (exact) mass is 580 g/mol. The van der Waals surface area contributed by atoms with Crippen molar-refractivity contribution in [3.8, 4) is 16.5 Å². The minimum absolute atomic E-state index is 0.159. The maximum atomic E-state index is 13.3. The number of allylic oxidation sites excluding steroid dienone is 1. The van der Waals surface area contributed by atoms with E-state index in [0.29, 0.717) is 18.5 Å². The molecule has 0 radical (unpaired) electrons. The van der Waals surface area contributed by atoms with Gasteiger partial charge in [0.2, 0.25) is 0 Å². The molecule has 0 fully saturated rings. The lowest BCUT2D eigenvalue weighted by Gasteiger charge is -2.17. The van der Waals surface area contributed by atoms with E-state index in [4.69, 9.17) is 5.73 Å². The van der Waals surface area contributed by atoms with Gasteiger partial charge >= 0.3 is 0 Å². The van der Waals surface area contributed by atoms with E-state index < -0.39 is 11.9 Å². The average molecular weight is 581 g/mol. The van der Waals surface area contributed by atoms with Crippen molar-refractivity contribution in [3.05, 3.63) is 106 Å². The second-order valence-electron chi connectivity index (χ2n) is 9.72. The molecule has 2 heterocycles. The van der Waals surface area contributed by atoms with Crippen molar-refractivity contribution in [1.29, 1.82) is 5.26 Å². The topological polar surface area (TPSA) is 116 Å². The van der Waals surface area contributed by atoms with Crippen molar-refractivity contribution in [2.75, 3.05) is 0 Å². The maximum absolute atomic E-state index is 13.3. The SMILES string of the molecule is CC=Nc1cnc2ccc(-c3ccc(CN/C(N)=C(/C=C(/C#N)CC)C(=O)N[C@@H](C)c4ccc(F)cc4)s3)cc2c1C. The largest absolute Gasteiger partial charge is 0.385 e. The molecule has 1 amide bonds. The number of nitrogens with two attached hydrogens (primary N) is 1. The molecule has 0 unspecified atom stereocenters. The molecule has 4 N–H and O–H groups in total. The summed E-state index contributed by atoms with van der Waals surface area (Å²) in [6.07, 6.45) is 5.52. The number of nitrogens with one attached hydrogen (secondary N) is 2. The minimum Gasteiger partial charge on any atom is -0.385 e. The molecule has 0 spiro atoms. The summed E-state index contributed by atoms with van der Waals surface area (Å²) < 4.78 is 13.3. The summed E-state index contributed by atoms with van der Waals surface area (Å²) >= 11 is 1.62. The van der Waals surface area contributed by atoms with E-state index in [9.17, 15) is 14.4 Å². The van der Waals surface area contributed by atoms with E-state index >= 15 is 0 Å². The molecule has 2 aromatic carbocycles. The Morgan fingerprint density at radius 2 is 1.98 bits per heavy atom. The Kier molecular flexibility index (Phi) is 9.84. The third-order valence-electron chi connectivity index (χ3n) is 6.87. The van der Waals surface area contributed by atoms with Crippen molar-refractivity contribution in [2.45, 2.75) is 46.7 Å². The van der Waals surface area contributed by atoms with E-state index in [0.717, 1.165) is 43.0 Å². The van der Waals surface area contributed by atoms with Crippen molar-refractivity contribution in [2.24, 2.45) is 10.7 Å². The van der Waals surface area contributed by atoms with Crippen molar-refractivity contribution >= 4 is 40.0 Å². The molecule has 1 atom stereocenters. The Bertz CT molecular complexity index is 1730. The fourth-order valence-corrected chi connectivity index (χ4v) is 5.35. The number of halogens is 1. The van der Waals surface area contributed by atoms with Gasteiger partial charge in [-0.25, -0.2) is 4.39 Å². The van der Waals surface area contributed by atoms with Gasteiger partial charge in [-0.15, -0.1) is 11.3 Å². The summed E-state index contributed by atoms with van der Waals surface area (Å²) in [4.78, 5) is 24.3. The summed E-state index contributed by atoms with van der Waals surface area (Å²) in [6, 6.07) is 17.9. The Morgan fingerprint density at radius 3 is 2.67 bits per heavy atom. The zero-order chi connectivity index (χ0) is 30.2. The Balaban J connectivity index is 1.55. The molecular weight excluding hydrogens is 547 g/mol. The number of carbonyl (C=O) groups is 1. The van der Waals surface area contributed by atoms with Gasteiger partial charge in [-0.2, -0.15) is 5.26 Å². The zero-order valence-electron chi connectivity index (χ0n) is 24.0. The van der Waals surface area contributed by atoms with Crippen LogP contribution in [0.25, 0.3) is 21.3 Å². The zero-order valence-corrected chi connectivity index (χ0v) is 24.8. The third-order valence-corrected chi connectivity index (χ3v) is 8.01. The fourth-order valence-electron chi connectivity index (χ4n) is 4.41. The van der Waals surface area contributed by atoms with E-state index in [1.807, 2.05) is 32.9 Å². The number of fused-ring (bicyclic) bond motifs is 1. The molecule has 0 aliphatic carbocycles. The van der Waals surface area contributed by atoms with Crippen LogP contribution in [0.15, 0.2) is 88.8 Å². The number of thiophene rings is 1. The molecule has 42 heavy (non-hydrogen) atoms. The summed E-state index contributed by atoms with van der Waals surface area (Å²) in [7, 11) is 0. The van der Waals surface area contributed by atoms with Crippen molar-refractivity contribution in [1.82, 2.24) is 15.6 Å². The van der Waals surface area contributed by atoms with Gasteiger partial charge in [0.15, 0.2) is 0 Å². The van der Waals surface area contributed by atoms with Crippen LogP contribution < -0.4 is 16.4 Å². The number of rotatable bonds is 10. The molecule has 0 aliphatic rings. The van der Waals surface area contributed by atoms with Crippen molar-refractivity contribution < 1.29 is 9.18 Å². The molecule has 0 bridgehead atoms. The number of aryl methyl sites for hydroxylation is 1. The van der Waals surface area contributed by atoms with E-state index in [1.165, 1.54) is 18.2 Å². The number of aliphatic imine (C=N–C) groups is 1. The number of aromatic nitrogens is 1. The van der Waals surface area contributed by atoms with Gasteiger partial charge in [-0.3, -0.25) is 14.8 Å². The second-order valence-corrected chi connectivity index (χ2v) is 10.9. The molecule has 0 saturated heterocycles. The highest BCUT2D eigenvalue weighted by Gasteiger charge is 2.17. The van der Waals surface area contributed by atoms with E-state index in [-0.39, 0.29) is 17.2 Å². The molecule has 9 heteroatoms. The van der Waals surface area contributed by atoms with Crippen LogP contribution in [0, 0.1) is 24.1 Å². The van der Waals surface area contributed by atoms with Crippen molar-refractivity contribution in [3.63, 3.8) is 0 Å². The molecule has 4 aromatic rings. The number of hydrogen-bond donors (Lipinski definition) is 3. The lowest BCUT2D eigenvalue weighted by molar-refractivity contribution is -0.117. The first-order valence-corrected chi connectivity index (χ1v) is 14.4. The number of pyridine rings is 1. The predicted octanol–water partition coefficient (Wildman–Crippen LogP) is 7.13. The second kappa shape index (κ2) is 13.7. The van der Waals surface area contributed by atoms with Crippen LogP contribution in [0.1, 0.15) is 49.2 Å². The number of nitrogens with zero attached hydrogens (tertiary/aromatic N) is 3. The first-order chi connectivity index (χ1) is 20.2. The third kappa shape index (κ3) is 7.09.